The number of hydrogen-bond donors (Lipinski definition) is 2. The summed E-state index contributed by atoms with van der Waals surface area (Å²) in [5.74, 6) is -0.514. The number of aliphatic hydroxyl groups is 1. The van der Waals surface area contributed by atoms with E-state index in [2.05, 4.69) is 5.32 Å². The van der Waals surface area contributed by atoms with Crippen LogP contribution < -0.4 is 5.32 Å². The molecule has 3 nitrogen and oxygen atoms in total. The van der Waals surface area contributed by atoms with Crippen molar-refractivity contribution in [2.45, 2.75) is 25.4 Å². The van der Waals surface area contributed by atoms with E-state index in [4.69, 9.17) is 5.11 Å². The second kappa shape index (κ2) is 5.44. The first kappa shape index (κ1) is 14.8. The molecule has 0 aliphatic heterocycles. The molecule has 0 spiro atoms. The average molecular weight is 287 g/mol. The molecule has 110 valence electrons. The summed E-state index contributed by atoms with van der Waals surface area (Å²) in [6, 6.07) is 4.36. The highest BCUT2D eigenvalue weighted by Crippen LogP contribution is 2.47. The van der Waals surface area contributed by atoms with Gasteiger partial charge in [0.15, 0.2) is 0 Å². The Morgan fingerprint density at radius 1 is 1.35 bits per heavy atom. The maximum Gasteiger partial charge on any atom is 0.416 e. The van der Waals surface area contributed by atoms with Crippen LogP contribution in [0.4, 0.5) is 13.2 Å². The normalized spacial score (nSPS) is 16.8. The van der Waals surface area contributed by atoms with Crippen molar-refractivity contribution < 1.29 is 23.1 Å². The minimum absolute atomic E-state index is 0.000349. The number of hydrogen-bond acceptors (Lipinski definition) is 2. The number of amides is 1. The fraction of sp³-hybridized carbons (Fsp3) is 0.500. The van der Waals surface area contributed by atoms with Crippen LogP contribution in [0.2, 0.25) is 0 Å². The van der Waals surface area contributed by atoms with Crippen LogP contribution >= 0.6 is 0 Å². The first-order chi connectivity index (χ1) is 9.36. The fourth-order valence-corrected chi connectivity index (χ4v) is 2.14. The number of alkyl halides is 3. The molecule has 2 N–H and O–H groups in total. The van der Waals surface area contributed by atoms with Crippen LogP contribution in [0.3, 0.4) is 0 Å². The molecule has 0 aromatic heterocycles. The molecule has 1 aromatic carbocycles. The third-order valence-electron chi connectivity index (χ3n) is 3.68. The first-order valence-corrected chi connectivity index (χ1v) is 6.43. The summed E-state index contributed by atoms with van der Waals surface area (Å²) in [5.41, 5.74) is -0.896. The van der Waals surface area contributed by atoms with E-state index in [0.717, 1.165) is 25.0 Å². The number of rotatable bonds is 5. The van der Waals surface area contributed by atoms with E-state index in [1.165, 1.54) is 12.1 Å². The third kappa shape index (κ3) is 3.50. The molecule has 0 saturated heterocycles. The SMILES string of the molecule is O=C(NCC1(CCO)CC1)c1cccc(C(F)(F)F)c1. The highest BCUT2D eigenvalue weighted by molar-refractivity contribution is 5.94. The number of halogens is 3. The number of nitrogens with one attached hydrogen (secondary N) is 1. The van der Waals surface area contributed by atoms with Gasteiger partial charge in [-0.05, 0) is 42.9 Å². The van der Waals surface area contributed by atoms with Crippen molar-refractivity contribution in [1.82, 2.24) is 5.32 Å². The Hall–Kier alpha value is -1.56. The molecule has 0 bridgehead atoms. The van der Waals surface area contributed by atoms with Crippen LogP contribution in [0.25, 0.3) is 0 Å². The van der Waals surface area contributed by atoms with E-state index in [1.807, 2.05) is 0 Å². The van der Waals surface area contributed by atoms with Crippen LogP contribution in [0.15, 0.2) is 24.3 Å². The molecule has 0 radical (unpaired) electrons. The van der Waals surface area contributed by atoms with Gasteiger partial charge in [-0.3, -0.25) is 4.79 Å². The summed E-state index contributed by atoms with van der Waals surface area (Å²) in [5, 5.41) is 11.6. The maximum absolute atomic E-state index is 12.6. The number of benzene rings is 1. The summed E-state index contributed by atoms with van der Waals surface area (Å²) in [6.07, 6.45) is -1.99. The molecule has 1 aliphatic rings. The van der Waals surface area contributed by atoms with Gasteiger partial charge >= 0.3 is 6.18 Å². The standard InChI is InChI=1S/C14H16F3NO2/c15-14(16,17)11-3-1-2-10(8-11)12(20)18-9-13(4-5-13)6-7-19/h1-3,8,19H,4-7,9H2,(H,18,20). The van der Waals surface area contributed by atoms with Gasteiger partial charge in [0, 0.05) is 18.7 Å². The second-order valence-corrected chi connectivity index (χ2v) is 5.23. The molecule has 1 aliphatic carbocycles. The van der Waals surface area contributed by atoms with E-state index in [1.54, 1.807) is 0 Å². The zero-order valence-corrected chi connectivity index (χ0v) is 10.8. The van der Waals surface area contributed by atoms with Gasteiger partial charge < -0.3 is 10.4 Å². The fourth-order valence-electron chi connectivity index (χ4n) is 2.14. The Bertz CT molecular complexity index is 495. The molecule has 0 heterocycles. The van der Waals surface area contributed by atoms with Gasteiger partial charge in [-0.2, -0.15) is 13.2 Å². The van der Waals surface area contributed by atoms with E-state index in [9.17, 15) is 18.0 Å². The van der Waals surface area contributed by atoms with Crippen LogP contribution in [-0.2, 0) is 6.18 Å². The lowest BCUT2D eigenvalue weighted by Gasteiger charge is -2.15. The zero-order chi connectivity index (χ0) is 14.8. The topological polar surface area (TPSA) is 49.3 Å². The lowest BCUT2D eigenvalue weighted by Crippen LogP contribution is -2.30. The second-order valence-electron chi connectivity index (χ2n) is 5.23. The van der Waals surface area contributed by atoms with Gasteiger partial charge in [0.25, 0.3) is 5.91 Å². The predicted molar refractivity (Wildman–Crippen MR) is 67.1 cm³/mol. The Labute approximate surface area is 114 Å². The number of carbonyl (C=O) groups excluding carboxylic acids is 1. The molecular formula is C14H16F3NO2. The molecule has 2 rings (SSSR count). The zero-order valence-electron chi connectivity index (χ0n) is 10.8. The van der Waals surface area contributed by atoms with Crippen molar-refractivity contribution in [1.29, 1.82) is 0 Å². The van der Waals surface area contributed by atoms with E-state index >= 15 is 0 Å². The smallest absolute Gasteiger partial charge is 0.396 e. The number of aliphatic hydroxyl groups excluding tert-OH is 1. The van der Waals surface area contributed by atoms with Crippen molar-refractivity contribution in [3.63, 3.8) is 0 Å². The average Bonchev–Trinajstić information content (AvgIpc) is 3.16. The van der Waals surface area contributed by atoms with Gasteiger partial charge in [0.05, 0.1) is 5.56 Å². The van der Waals surface area contributed by atoms with Crippen LogP contribution in [0.5, 0.6) is 0 Å². The van der Waals surface area contributed by atoms with Crippen molar-refractivity contribution in [2.75, 3.05) is 13.2 Å². The largest absolute Gasteiger partial charge is 0.416 e. The quantitative estimate of drug-likeness (QED) is 0.874. The minimum atomic E-state index is -4.45. The van der Waals surface area contributed by atoms with Gasteiger partial charge in [-0.15, -0.1) is 0 Å². The summed E-state index contributed by atoms with van der Waals surface area (Å²) in [6.45, 7) is 0.446. The Morgan fingerprint density at radius 3 is 2.60 bits per heavy atom. The van der Waals surface area contributed by atoms with Crippen LogP contribution in [0.1, 0.15) is 35.2 Å². The monoisotopic (exact) mass is 287 g/mol. The molecule has 6 heteroatoms. The van der Waals surface area contributed by atoms with E-state index in [-0.39, 0.29) is 17.6 Å². The van der Waals surface area contributed by atoms with Gasteiger partial charge in [0.2, 0.25) is 0 Å². The third-order valence-corrected chi connectivity index (χ3v) is 3.68. The molecular weight excluding hydrogens is 271 g/mol. The van der Waals surface area contributed by atoms with Crippen molar-refractivity contribution in [3.8, 4) is 0 Å². The van der Waals surface area contributed by atoms with Gasteiger partial charge in [-0.1, -0.05) is 6.07 Å². The summed E-state index contributed by atoms with van der Waals surface area (Å²) < 4.78 is 37.7. The molecule has 1 saturated carbocycles. The molecule has 1 amide bonds. The Morgan fingerprint density at radius 2 is 2.05 bits per heavy atom. The van der Waals surface area contributed by atoms with Crippen molar-refractivity contribution in [2.24, 2.45) is 5.41 Å². The van der Waals surface area contributed by atoms with Crippen LogP contribution in [-0.4, -0.2) is 24.2 Å². The van der Waals surface area contributed by atoms with Crippen molar-refractivity contribution >= 4 is 5.91 Å². The molecule has 0 atom stereocenters. The van der Waals surface area contributed by atoms with E-state index in [0.29, 0.717) is 13.0 Å². The summed E-state index contributed by atoms with van der Waals surface area (Å²) in [4.78, 5) is 11.9. The van der Waals surface area contributed by atoms with Crippen molar-refractivity contribution in [3.05, 3.63) is 35.4 Å². The van der Waals surface area contributed by atoms with Crippen LogP contribution in [0, 0.1) is 5.41 Å². The van der Waals surface area contributed by atoms with Gasteiger partial charge in [0.1, 0.15) is 0 Å². The predicted octanol–water partition coefficient (Wildman–Crippen LogP) is 2.60. The first-order valence-electron chi connectivity index (χ1n) is 6.43. The minimum Gasteiger partial charge on any atom is -0.396 e. The molecule has 1 fully saturated rings. The molecule has 0 unspecified atom stereocenters. The van der Waals surface area contributed by atoms with Gasteiger partial charge in [-0.25, -0.2) is 0 Å². The summed E-state index contributed by atoms with van der Waals surface area (Å²) >= 11 is 0. The maximum atomic E-state index is 12.6. The lowest BCUT2D eigenvalue weighted by atomic mass is 10.0. The molecule has 1 aromatic rings. The Kier molecular flexibility index (Phi) is 4.04. The Balaban J connectivity index is 1.99. The highest BCUT2D eigenvalue weighted by Gasteiger charge is 2.42. The number of carbonyl (C=O) groups is 1. The molecule has 20 heavy (non-hydrogen) atoms. The lowest BCUT2D eigenvalue weighted by molar-refractivity contribution is -0.137. The van der Waals surface area contributed by atoms with E-state index < -0.39 is 17.6 Å². The highest BCUT2D eigenvalue weighted by atomic mass is 19.4. The summed E-state index contributed by atoms with van der Waals surface area (Å²) in [7, 11) is 0.